The molecule has 0 spiro atoms. The molecular formula is C17H25NO2. The third kappa shape index (κ3) is 2.13. The standard InChI is InChI=1S/C17H25NO2/c1-11(12-6-5-7-13(10-12)19-4)18-15-14-8-9-20-16(14)17(15,2)3/h5-7,10-11,14-16,18H,8-9H2,1-4H3/t11-,14?,15?,16?/m1/s1. The molecule has 1 aliphatic carbocycles. The molecule has 4 atom stereocenters. The van der Waals surface area contributed by atoms with E-state index in [4.69, 9.17) is 9.47 Å². The first-order valence-electron chi connectivity index (χ1n) is 7.55. The first-order valence-corrected chi connectivity index (χ1v) is 7.55. The van der Waals surface area contributed by atoms with Gasteiger partial charge in [-0.2, -0.15) is 0 Å². The fourth-order valence-corrected chi connectivity index (χ4v) is 3.94. The molecule has 1 heterocycles. The molecule has 2 fully saturated rings. The minimum Gasteiger partial charge on any atom is -0.497 e. The summed E-state index contributed by atoms with van der Waals surface area (Å²) in [5.74, 6) is 1.60. The molecule has 0 bridgehead atoms. The van der Waals surface area contributed by atoms with Crippen molar-refractivity contribution in [2.45, 2.75) is 45.4 Å². The molecule has 1 aliphatic heterocycles. The van der Waals surface area contributed by atoms with Crippen molar-refractivity contribution < 1.29 is 9.47 Å². The van der Waals surface area contributed by atoms with Crippen LogP contribution in [0.3, 0.4) is 0 Å². The van der Waals surface area contributed by atoms with E-state index in [0.717, 1.165) is 12.4 Å². The van der Waals surface area contributed by atoms with Crippen molar-refractivity contribution in [2.75, 3.05) is 13.7 Å². The first kappa shape index (κ1) is 13.9. The SMILES string of the molecule is COc1cccc([C@@H](C)NC2C3CCOC3C2(C)C)c1. The molecule has 0 amide bonds. The molecule has 0 radical (unpaired) electrons. The van der Waals surface area contributed by atoms with Gasteiger partial charge in [0, 0.05) is 30.0 Å². The summed E-state index contributed by atoms with van der Waals surface area (Å²) in [6.07, 6.45) is 1.63. The smallest absolute Gasteiger partial charge is 0.119 e. The quantitative estimate of drug-likeness (QED) is 0.915. The van der Waals surface area contributed by atoms with Crippen LogP contribution >= 0.6 is 0 Å². The van der Waals surface area contributed by atoms with E-state index in [-0.39, 0.29) is 5.41 Å². The highest BCUT2D eigenvalue weighted by molar-refractivity contribution is 5.30. The average molecular weight is 275 g/mol. The summed E-state index contributed by atoms with van der Waals surface area (Å²) < 4.78 is 11.2. The summed E-state index contributed by atoms with van der Waals surface area (Å²) in [6.45, 7) is 7.78. The second-order valence-electron chi connectivity index (χ2n) is 6.71. The predicted molar refractivity (Wildman–Crippen MR) is 80.0 cm³/mol. The Labute approximate surface area is 121 Å². The van der Waals surface area contributed by atoms with Crippen LogP contribution in [0, 0.1) is 11.3 Å². The zero-order valence-corrected chi connectivity index (χ0v) is 12.8. The molecule has 1 saturated heterocycles. The van der Waals surface area contributed by atoms with E-state index in [2.05, 4.69) is 44.3 Å². The maximum Gasteiger partial charge on any atom is 0.119 e. The van der Waals surface area contributed by atoms with Crippen molar-refractivity contribution >= 4 is 0 Å². The molecular weight excluding hydrogens is 250 g/mol. The Balaban J connectivity index is 1.71. The lowest BCUT2D eigenvalue weighted by Crippen LogP contribution is -2.66. The molecule has 0 aromatic heterocycles. The number of nitrogens with one attached hydrogen (secondary N) is 1. The van der Waals surface area contributed by atoms with Gasteiger partial charge < -0.3 is 14.8 Å². The number of ether oxygens (including phenoxy) is 2. The summed E-state index contributed by atoms with van der Waals surface area (Å²) >= 11 is 0. The summed E-state index contributed by atoms with van der Waals surface area (Å²) in [6, 6.07) is 9.19. The van der Waals surface area contributed by atoms with Crippen LogP contribution in [0.1, 0.15) is 38.8 Å². The first-order chi connectivity index (χ1) is 9.54. The van der Waals surface area contributed by atoms with Crippen molar-refractivity contribution in [1.29, 1.82) is 0 Å². The third-order valence-corrected chi connectivity index (χ3v) is 5.12. The van der Waals surface area contributed by atoms with Crippen LogP contribution in [-0.4, -0.2) is 25.9 Å². The van der Waals surface area contributed by atoms with Crippen molar-refractivity contribution in [3.05, 3.63) is 29.8 Å². The van der Waals surface area contributed by atoms with Gasteiger partial charge in [0.25, 0.3) is 0 Å². The molecule has 1 saturated carbocycles. The van der Waals surface area contributed by atoms with Crippen molar-refractivity contribution in [1.82, 2.24) is 5.32 Å². The van der Waals surface area contributed by atoms with Crippen LogP contribution in [0.5, 0.6) is 5.75 Å². The lowest BCUT2D eigenvalue weighted by molar-refractivity contribution is -0.115. The third-order valence-electron chi connectivity index (χ3n) is 5.12. The van der Waals surface area contributed by atoms with E-state index in [1.54, 1.807) is 7.11 Å². The monoisotopic (exact) mass is 275 g/mol. The normalized spacial score (nSPS) is 32.3. The Morgan fingerprint density at radius 1 is 1.40 bits per heavy atom. The van der Waals surface area contributed by atoms with Gasteiger partial charge in [0.2, 0.25) is 0 Å². The Morgan fingerprint density at radius 2 is 2.20 bits per heavy atom. The number of methoxy groups -OCH3 is 1. The zero-order chi connectivity index (χ0) is 14.3. The Hall–Kier alpha value is -1.06. The molecule has 3 heteroatoms. The largest absolute Gasteiger partial charge is 0.497 e. The molecule has 20 heavy (non-hydrogen) atoms. The minimum absolute atomic E-state index is 0.230. The van der Waals surface area contributed by atoms with Crippen molar-refractivity contribution in [3.63, 3.8) is 0 Å². The summed E-state index contributed by atoms with van der Waals surface area (Å²) in [5, 5.41) is 3.81. The highest BCUT2D eigenvalue weighted by atomic mass is 16.5. The number of benzene rings is 1. The second kappa shape index (κ2) is 5.05. The van der Waals surface area contributed by atoms with Crippen LogP contribution in [-0.2, 0) is 4.74 Å². The predicted octanol–water partition coefficient (Wildman–Crippen LogP) is 3.16. The van der Waals surface area contributed by atoms with Crippen LogP contribution in [0.4, 0.5) is 0 Å². The molecule has 3 rings (SSSR count). The van der Waals surface area contributed by atoms with Gasteiger partial charge in [-0.3, -0.25) is 0 Å². The van der Waals surface area contributed by atoms with E-state index < -0.39 is 0 Å². The average Bonchev–Trinajstić information content (AvgIpc) is 2.91. The summed E-state index contributed by atoms with van der Waals surface area (Å²) in [7, 11) is 1.71. The highest BCUT2D eigenvalue weighted by Gasteiger charge is 2.59. The molecule has 1 aromatic carbocycles. The number of fused-ring (bicyclic) bond motifs is 1. The van der Waals surface area contributed by atoms with Gasteiger partial charge >= 0.3 is 0 Å². The van der Waals surface area contributed by atoms with Gasteiger partial charge in [-0.05, 0) is 31.0 Å². The fraction of sp³-hybridized carbons (Fsp3) is 0.647. The molecule has 2 aliphatic rings. The highest BCUT2D eigenvalue weighted by Crippen LogP contribution is 2.52. The van der Waals surface area contributed by atoms with Gasteiger partial charge in [-0.25, -0.2) is 0 Å². The lowest BCUT2D eigenvalue weighted by atomic mass is 9.57. The lowest BCUT2D eigenvalue weighted by Gasteiger charge is -2.55. The second-order valence-corrected chi connectivity index (χ2v) is 6.71. The Bertz CT molecular complexity index is 486. The van der Waals surface area contributed by atoms with E-state index >= 15 is 0 Å². The van der Waals surface area contributed by atoms with Crippen LogP contribution in [0.25, 0.3) is 0 Å². The number of rotatable bonds is 4. The fourth-order valence-electron chi connectivity index (χ4n) is 3.94. The van der Waals surface area contributed by atoms with Gasteiger partial charge in [0.05, 0.1) is 13.2 Å². The Morgan fingerprint density at radius 3 is 2.95 bits per heavy atom. The number of hydrogen-bond acceptors (Lipinski definition) is 3. The minimum atomic E-state index is 0.230. The Kier molecular flexibility index (Phi) is 3.51. The van der Waals surface area contributed by atoms with Crippen molar-refractivity contribution in [2.24, 2.45) is 11.3 Å². The molecule has 1 aromatic rings. The van der Waals surface area contributed by atoms with E-state index in [0.29, 0.717) is 24.1 Å². The maximum absolute atomic E-state index is 5.86. The summed E-state index contributed by atoms with van der Waals surface area (Å²) in [5.41, 5.74) is 1.51. The van der Waals surface area contributed by atoms with Crippen LogP contribution < -0.4 is 10.1 Å². The van der Waals surface area contributed by atoms with Gasteiger partial charge in [-0.1, -0.05) is 26.0 Å². The summed E-state index contributed by atoms with van der Waals surface area (Å²) in [4.78, 5) is 0. The van der Waals surface area contributed by atoms with Crippen LogP contribution in [0.15, 0.2) is 24.3 Å². The van der Waals surface area contributed by atoms with Crippen LogP contribution in [0.2, 0.25) is 0 Å². The molecule has 3 unspecified atom stereocenters. The molecule has 1 N–H and O–H groups in total. The van der Waals surface area contributed by atoms with E-state index in [1.807, 2.05) is 6.07 Å². The van der Waals surface area contributed by atoms with Gasteiger partial charge in [0.1, 0.15) is 5.75 Å². The van der Waals surface area contributed by atoms with Gasteiger partial charge in [0.15, 0.2) is 0 Å². The number of hydrogen-bond donors (Lipinski definition) is 1. The molecule has 110 valence electrons. The maximum atomic E-state index is 5.86. The van der Waals surface area contributed by atoms with E-state index in [9.17, 15) is 0 Å². The topological polar surface area (TPSA) is 30.5 Å². The van der Waals surface area contributed by atoms with E-state index in [1.165, 1.54) is 12.0 Å². The zero-order valence-electron chi connectivity index (χ0n) is 12.8. The van der Waals surface area contributed by atoms with Gasteiger partial charge in [-0.15, -0.1) is 0 Å². The van der Waals surface area contributed by atoms with Crippen molar-refractivity contribution in [3.8, 4) is 5.75 Å². The molecule has 3 nitrogen and oxygen atoms in total.